The molecule has 1 saturated carbocycles. The van der Waals surface area contributed by atoms with E-state index >= 15 is 0 Å². The number of phenolic OH excluding ortho intramolecular Hbond substituents is 3. The third-order valence-electron chi connectivity index (χ3n) is 4.84. The predicted molar refractivity (Wildman–Crippen MR) is 105 cm³/mol. The second kappa shape index (κ2) is 7.82. The highest BCUT2D eigenvalue weighted by molar-refractivity contribution is 8.00. The van der Waals surface area contributed by atoms with Gasteiger partial charge in [-0.2, -0.15) is 4.98 Å². The fraction of sp³-hybridized carbons (Fsp3) is 0.263. The highest BCUT2D eigenvalue weighted by atomic mass is 32.2. The molecule has 0 unspecified atom stereocenters. The van der Waals surface area contributed by atoms with Gasteiger partial charge in [-0.3, -0.25) is 10.1 Å². The van der Waals surface area contributed by atoms with Gasteiger partial charge in [0.25, 0.3) is 5.89 Å². The Balaban J connectivity index is 1.82. The van der Waals surface area contributed by atoms with Crippen molar-refractivity contribution in [1.82, 2.24) is 10.1 Å². The Labute approximate surface area is 173 Å². The molecule has 1 fully saturated rings. The summed E-state index contributed by atoms with van der Waals surface area (Å²) in [5, 5.41) is 45.2. The largest absolute Gasteiger partial charge is 0.505 e. The third kappa shape index (κ3) is 3.63. The van der Waals surface area contributed by atoms with Gasteiger partial charge >= 0.3 is 5.69 Å². The van der Waals surface area contributed by atoms with Crippen molar-refractivity contribution in [2.75, 3.05) is 0 Å². The Morgan fingerprint density at radius 1 is 1.17 bits per heavy atom. The van der Waals surface area contributed by atoms with E-state index in [1.807, 2.05) is 0 Å². The van der Waals surface area contributed by atoms with Crippen molar-refractivity contribution in [2.24, 2.45) is 0 Å². The number of phenols is 3. The molecule has 30 heavy (non-hydrogen) atoms. The van der Waals surface area contributed by atoms with Crippen molar-refractivity contribution in [3.8, 4) is 40.1 Å². The number of aromatic hydroxyl groups is 3. The zero-order chi connectivity index (χ0) is 21.4. The maximum absolute atomic E-state index is 13.3. The van der Waals surface area contributed by atoms with Gasteiger partial charge in [0.15, 0.2) is 17.3 Å². The van der Waals surface area contributed by atoms with Crippen LogP contribution in [0.5, 0.6) is 17.2 Å². The topological polar surface area (TPSA) is 143 Å². The van der Waals surface area contributed by atoms with Gasteiger partial charge in [-0.05, 0) is 37.1 Å². The lowest BCUT2D eigenvalue weighted by atomic mass is 10.1. The Bertz CT molecular complexity index is 1130. The van der Waals surface area contributed by atoms with Gasteiger partial charge in [0.1, 0.15) is 4.90 Å². The number of benzene rings is 2. The molecule has 0 saturated heterocycles. The Hall–Kier alpha value is -3.34. The molecule has 0 amide bonds. The van der Waals surface area contributed by atoms with Crippen molar-refractivity contribution < 1.29 is 29.2 Å². The van der Waals surface area contributed by atoms with Gasteiger partial charge < -0.3 is 19.8 Å². The van der Waals surface area contributed by atoms with Gasteiger partial charge in [-0.25, -0.2) is 4.39 Å². The van der Waals surface area contributed by atoms with Crippen LogP contribution < -0.4 is 0 Å². The first-order valence-corrected chi connectivity index (χ1v) is 9.96. The normalized spacial score (nSPS) is 14.3. The fourth-order valence-electron chi connectivity index (χ4n) is 3.35. The van der Waals surface area contributed by atoms with Crippen LogP contribution in [0.2, 0.25) is 0 Å². The van der Waals surface area contributed by atoms with Crippen molar-refractivity contribution in [3.05, 3.63) is 40.2 Å². The summed E-state index contributed by atoms with van der Waals surface area (Å²) < 4.78 is 18.5. The fourth-order valence-corrected chi connectivity index (χ4v) is 4.81. The summed E-state index contributed by atoms with van der Waals surface area (Å²) in [5.41, 5.74) is -0.244. The van der Waals surface area contributed by atoms with Gasteiger partial charge in [0.05, 0.1) is 10.5 Å². The van der Waals surface area contributed by atoms with E-state index in [0.29, 0.717) is 0 Å². The van der Waals surface area contributed by atoms with Crippen molar-refractivity contribution in [2.45, 2.75) is 35.8 Å². The smallest absolute Gasteiger partial charge is 0.328 e. The van der Waals surface area contributed by atoms with E-state index in [0.717, 1.165) is 43.9 Å². The third-order valence-corrected chi connectivity index (χ3v) is 6.29. The monoisotopic (exact) mass is 433 g/mol. The molecule has 1 aliphatic carbocycles. The molecule has 0 radical (unpaired) electrons. The minimum absolute atomic E-state index is 0.0207. The van der Waals surface area contributed by atoms with Crippen LogP contribution in [-0.2, 0) is 0 Å². The van der Waals surface area contributed by atoms with Gasteiger partial charge in [-0.15, -0.1) is 11.8 Å². The molecule has 3 aromatic rings. The first-order valence-electron chi connectivity index (χ1n) is 9.08. The van der Waals surface area contributed by atoms with E-state index in [-0.39, 0.29) is 33.0 Å². The van der Waals surface area contributed by atoms with Crippen molar-refractivity contribution in [3.63, 3.8) is 0 Å². The number of nitrogens with zero attached hydrogens (tertiary/aromatic N) is 3. The zero-order valence-electron chi connectivity index (χ0n) is 15.4. The summed E-state index contributed by atoms with van der Waals surface area (Å²) in [6.45, 7) is 0. The van der Waals surface area contributed by atoms with E-state index in [2.05, 4.69) is 10.1 Å². The molecule has 9 nitrogen and oxygen atoms in total. The number of nitro groups is 1. The van der Waals surface area contributed by atoms with Crippen LogP contribution in [0.15, 0.2) is 33.7 Å². The molecule has 0 aliphatic heterocycles. The predicted octanol–water partition coefficient (Wildman–Crippen LogP) is 4.60. The number of rotatable bonds is 5. The lowest BCUT2D eigenvalue weighted by Crippen LogP contribution is -2.00. The molecule has 1 aliphatic rings. The lowest BCUT2D eigenvalue weighted by Gasteiger charge is -2.13. The average molecular weight is 433 g/mol. The van der Waals surface area contributed by atoms with Crippen LogP contribution in [0.3, 0.4) is 0 Å². The number of hydrogen-bond acceptors (Lipinski definition) is 9. The minimum Gasteiger partial charge on any atom is -0.505 e. The molecule has 0 bridgehead atoms. The summed E-state index contributed by atoms with van der Waals surface area (Å²) in [7, 11) is 0. The highest BCUT2D eigenvalue weighted by Crippen LogP contribution is 2.50. The maximum Gasteiger partial charge on any atom is 0.328 e. The van der Waals surface area contributed by atoms with Gasteiger partial charge in [0, 0.05) is 10.8 Å². The van der Waals surface area contributed by atoms with E-state index in [1.54, 1.807) is 0 Å². The maximum atomic E-state index is 13.3. The Morgan fingerprint density at radius 2 is 1.90 bits per heavy atom. The summed E-state index contributed by atoms with van der Waals surface area (Å²) in [5.74, 6) is -3.01. The SMILES string of the molecule is O=[N+]([O-])c1c(O)c(O)cc(-c2nc(-c3ccc(F)c(O)c3)no2)c1SC1CCCC1. The highest BCUT2D eigenvalue weighted by Gasteiger charge is 2.32. The molecule has 2 aromatic carbocycles. The first kappa shape index (κ1) is 20.0. The van der Waals surface area contributed by atoms with Crippen molar-refractivity contribution >= 4 is 17.4 Å². The Morgan fingerprint density at radius 3 is 2.57 bits per heavy atom. The van der Waals surface area contributed by atoms with Crippen LogP contribution in [0.4, 0.5) is 10.1 Å². The lowest BCUT2D eigenvalue weighted by molar-refractivity contribution is -0.388. The number of nitro benzene ring substituents is 1. The van der Waals surface area contributed by atoms with Crippen LogP contribution in [0.25, 0.3) is 22.8 Å². The van der Waals surface area contributed by atoms with Gasteiger partial charge in [0.2, 0.25) is 11.6 Å². The molecule has 11 heteroatoms. The van der Waals surface area contributed by atoms with Crippen LogP contribution >= 0.6 is 11.8 Å². The second-order valence-electron chi connectivity index (χ2n) is 6.84. The molecule has 1 aromatic heterocycles. The van der Waals surface area contributed by atoms with Gasteiger partial charge in [-0.1, -0.05) is 18.0 Å². The van der Waals surface area contributed by atoms with E-state index in [9.17, 15) is 29.8 Å². The van der Waals surface area contributed by atoms with Crippen LogP contribution in [0.1, 0.15) is 25.7 Å². The average Bonchev–Trinajstić information content (AvgIpc) is 3.38. The molecular formula is C19H16FN3O6S. The number of thioether (sulfide) groups is 1. The standard InChI is InChI=1S/C19H16FN3O6S/c20-12-6-5-9(7-13(12)24)18-21-19(29-22-18)11-8-14(25)16(26)15(23(27)28)17(11)30-10-3-1-2-4-10/h5-8,10,24-26H,1-4H2. The van der Waals surface area contributed by atoms with Crippen molar-refractivity contribution in [1.29, 1.82) is 0 Å². The molecule has 0 atom stereocenters. The van der Waals surface area contributed by atoms with E-state index in [4.69, 9.17) is 4.52 Å². The Kier molecular flexibility index (Phi) is 5.20. The van der Waals surface area contributed by atoms with E-state index < -0.39 is 33.7 Å². The molecule has 4 rings (SSSR count). The molecular weight excluding hydrogens is 417 g/mol. The second-order valence-corrected chi connectivity index (χ2v) is 8.15. The molecule has 0 spiro atoms. The summed E-state index contributed by atoms with van der Waals surface area (Å²) in [4.78, 5) is 15.2. The summed E-state index contributed by atoms with van der Waals surface area (Å²) in [6, 6.07) is 4.64. The minimum atomic E-state index is -0.826. The molecule has 3 N–H and O–H groups in total. The van der Waals surface area contributed by atoms with E-state index in [1.165, 1.54) is 17.8 Å². The number of hydrogen-bond donors (Lipinski definition) is 3. The number of aromatic nitrogens is 2. The number of halogens is 1. The molecule has 1 heterocycles. The summed E-state index contributed by atoms with van der Waals surface area (Å²) >= 11 is 1.23. The summed E-state index contributed by atoms with van der Waals surface area (Å²) in [6.07, 6.45) is 3.74. The van der Waals surface area contributed by atoms with Crippen LogP contribution in [-0.4, -0.2) is 35.6 Å². The zero-order valence-corrected chi connectivity index (χ0v) is 16.2. The van der Waals surface area contributed by atoms with Crippen LogP contribution in [0, 0.1) is 15.9 Å². The quantitative estimate of drug-likeness (QED) is 0.299. The molecule has 156 valence electrons. The first-order chi connectivity index (χ1) is 14.3.